The van der Waals surface area contributed by atoms with Gasteiger partial charge < -0.3 is 20.9 Å². The number of amides is 3. The van der Waals surface area contributed by atoms with Crippen LogP contribution in [0.15, 0.2) is 55.0 Å². The maximum Gasteiger partial charge on any atom is 0.320 e. The monoisotopic (exact) mass is 550 g/mol. The Labute approximate surface area is 238 Å². The molecule has 1 saturated carbocycles. The molecule has 3 aromatic heterocycles. The van der Waals surface area contributed by atoms with Crippen LogP contribution < -0.4 is 11.1 Å². The Morgan fingerprint density at radius 2 is 1.66 bits per heavy atom. The predicted octanol–water partition coefficient (Wildman–Crippen LogP) is 4.90. The van der Waals surface area contributed by atoms with Gasteiger partial charge in [0, 0.05) is 61.8 Å². The smallest absolute Gasteiger partial charge is 0.320 e. The number of piperidine rings is 1. The molecule has 0 radical (unpaired) electrons. The number of hydrogen-bond acceptors (Lipinski definition) is 6. The maximum atomic E-state index is 13.1. The molecular weight excluding hydrogens is 516 g/mol. The lowest BCUT2D eigenvalue weighted by Gasteiger charge is -2.34. The number of urea groups is 1. The van der Waals surface area contributed by atoms with E-state index in [-0.39, 0.29) is 17.9 Å². The fourth-order valence-corrected chi connectivity index (χ4v) is 6.20. The summed E-state index contributed by atoms with van der Waals surface area (Å²) in [6.45, 7) is 3.09. The second-order valence-electron chi connectivity index (χ2n) is 11.4. The van der Waals surface area contributed by atoms with Gasteiger partial charge in [0.05, 0.1) is 0 Å². The van der Waals surface area contributed by atoms with E-state index in [0.29, 0.717) is 29.7 Å². The first kappa shape index (κ1) is 25.5. The Balaban J connectivity index is 1.14. The molecule has 5 heterocycles. The van der Waals surface area contributed by atoms with E-state index >= 15 is 0 Å². The highest BCUT2D eigenvalue weighted by Crippen LogP contribution is 2.40. The summed E-state index contributed by atoms with van der Waals surface area (Å²) in [4.78, 5) is 43.8. The van der Waals surface area contributed by atoms with E-state index < -0.39 is 0 Å². The molecule has 3 amide bonds. The van der Waals surface area contributed by atoms with Crippen molar-refractivity contribution in [2.45, 2.75) is 50.4 Å². The van der Waals surface area contributed by atoms with E-state index in [4.69, 9.17) is 10.7 Å². The Morgan fingerprint density at radius 1 is 0.878 bits per heavy atom. The molecule has 1 aromatic carbocycles. The summed E-state index contributed by atoms with van der Waals surface area (Å²) in [5.74, 6) is 2.31. The van der Waals surface area contributed by atoms with Crippen molar-refractivity contribution in [1.82, 2.24) is 29.2 Å². The summed E-state index contributed by atoms with van der Waals surface area (Å²) in [6.07, 6.45) is 11.7. The van der Waals surface area contributed by atoms with Crippen LogP contribution in [0.3, 0.4) is 0 Å². The Bertz CT molecular complexity index is 1600. The van der Waals surface area contributed by atoms with Gasteiger partial charge in [-0.3, -0.25) is 9.20 Å². The van der Waals surface area contributed by atoms with E-state index in [1.54, 1.807) is 24.5 Å². The third-order valence-electron chi connectivity index (χ3n) is 8.54. The Hall–Kier alpha value is -4.47. The number of aromatic nitrogens is 4. The molecule has 10 nitrogen and oxygen atoms in total. The first-order chi connectivity index (χ1) is 20.0. The zero-order valence-electron chi connectivity index (χ0n) is 23.0. The second kappa shape index (κ2) is 10.5. The van der Waals surface area contributed by atoms with Gasteiger partial charge in [0.1, 0.15) is 28.7 Å². The fourth-order valence-electron chi connectivity index (χ4n) is 6.20. The normalized spacial score (nSPS) is 19.1. The molecule has 7 rings (SSSR count). The summed E-state index contributed by atoms with van der Waals surface area (Å²) < 4.78 is 2.02. The summed E-state index contributed by atoms with van der Waals surface area (Å²) >= 11 is 0. The number of hydrogen-bond donors (Lipinski definition) is 2. The molecule has 10 heteroatoms. The number of nitrogen functional groups attached to an aromatic ring is 1. The highest BCUT2D eigenvalue weighted by atomic mass is 16.2. The first-order valence-corrected chi connectivity index (χ1v) is 14.6. The average molecular weight is 551 g/mol. The van der Waals surface area contributed by atoms with Crippen LogP contribution in [0.2, 0.25) is 0 Å². The first-order valence-electron chi connectivity index (χ1n) is 14.6. The van der Waals surface area contributed by atoms with Crippen LogP contribution >= 0.6 is 0 Å². The number of rotatable bonds is 5. The van der Waals surface area contributed by atoms with Crippen molar-refractivity contribution in [2.75, 3.05) is 37.2 Å². The van der Waals surface area contributed by atoms with E-state index in [1.165, 1.54) is 18.4 Å². The van der Waals surface area contributed by atoms with Crippen LogP contribution in [-0.4, -0.2) is 67.3 Å². The van der Waals surface area contributed by atoms with Gasteiger partial charge in [-0.05, 0) is 74.3 Å². The van der Waals surface area contributed by atoms with Gasteiger partial charge in [-0.15, -0.1) is 0 Å². The number of anilines is 2. The van der Waals surface area contributed by atoms with Gasteiger partial charge >= 0.3 is 6.03 Å². The summed E-state index contributed by atoms with van der Waals surface area (Å²) in [6, 6.07) is 11.5. The lowest BCUT2D eigenvalue weighted by molar-refractivity contribution is 0.102. The standard InChI is InChI=1S/C31H34N8O2/c32-28-27-26(21-7-9-22(10-8-21)30(40)35-25-18-23(11-12-33-25)20-5-6-20)36-29(39(27)17-13-34-28)24-4-3-16-38(19-24)31(41)37-14-1-2-15-37/h7-13,17-18,20,24H,1-6,14-16,19H2,(H2,32,34)(H,33,35,40)/t24-/m1/s1. The quantitative estimate of drug-likeness (QED) is 0.365. The Kier molecular flexibility index (Phi) is 6.53. The van der Waals surface area contributed by atoms with Gasteiger partial charge in [-0.2, -0.15) is 0 Å². The van der Waals surface area contributed by atoms with Crippen LogP contribution in [0.25, 0.3) is 16.8 Å². The number of nitrogens with two attached hydrogens (primary N) is 1. The third-order valence-corrected chi connectivity index (χ3v) is 8.54. The number of carbonyl (C=O) groups excluding carboxylic acids is 2. The number of carbonyl (C=O) groups is 2. The van der Waals surface area contributed by atoms with Crippen LogP contribution in [0.5, 0.6) is 0 Å². The van der Waals surface area contributed by atoms with E-state index in [0.717, 1.165) is 67.9 Å². The van der Waals surface area contributed by atoms with E-state index in [2.05, 4.69) is 15.3 Å². The molecule has 41 heavy (non-hydrogen) atoms. The number of fused-ring (bicyclic) bond motifs is 1. The van der Waals surface area contributed by atoms with Crippen LogP contribution in [0, 0.1) is 0 Å². The number of likely N-dealkylation sites (tertiary alicyclic amines) is 2. The minimum Gasteiger partial charge on any atom is -0.382 e. The maximum absolute atomic E-state index is 13.1. The van der Waals surface area contributed by atoms with Crippen molar-refractivity contribution >= 4 is 29.1 Å². The molecule has 3 aliphatic rings. The van der Waals surface area contributed by atoms with Crippen molar-refractivity contribution in [3.8, 4) is 11.3 Å². The number of nitrogens with zero attached hydrogens (tertiary/aromatic N) is 6. The second-order valence-corrected chi connectivity index (χ2v) is 11.4. The van der Waals surface area contributed by atoms with Crippen LogP contribution in [0.4, 0.5) is 16.4 Å². The van der Waals surface area contributed by atoms with Gasteiger partial charge in [-0.1, -0.05) is 12.1 Å². The summed E-state index contributed by atoms with van der Waals surface area (Å²) in [7, 11) is 0. The van der Waals surface area contributed by atoms with Crippen molar-refractivity contribution in [3.05, 3.63) is 71.9 Å². The van der Waals surface area contributed by atoms with Crippen molar-refractivity contribution in [1.29, 1.82) is 0 Å². The SMILES string of the molecule is Nc1nccn2c([C@@H]3CCCN(C(=O)N4CCCC4)C3)nc(-c3ccc(C(=O)Nc4cc(C5CC5)ccn4)cc3)c12. The lowest BCUT2D eigenvalue weighted by Crippen LogP contribution is -2.46. The van der Waals surface area contributed by atoms with E-state index in [9.17, 15) is 9.59 Å². The van der Waals surface area contributed by atoms with Crippen molar-refractivity contribution in [3.63, 3.8) is 0 Å². The Morgan fingerprint density at radius 3 is 2.44 bits per heavy atom. The molecular formula is C31H34N8O2. The topological polar surface area (TPSA) is 122 Å². The largest absolute Gasteiger partial charge is 0.382 e. The van der Waals surface area contributed by atoms with Gasteiger partial charge in [-0.25, -0.2) is 19.7 Å². The summed E-state index contributed by atoms with van der Waals surface area (Å²) in [5, 5.41) is 2.92. The fraction of sp³-hybridized carbons (Fsp3) is 0.387. The lowest BCUT2D eigenvalue weighted by atomic mass is 9.97. The minimum absolute atomic E-state index is 0.0855. The number of imidazole rings is 1. The van der Waals surface area contributed by atoms with E-state index in [1.807, 2.05) is 44.7 Å². The number of nitrogens with one attached hydrogen (secondary N) is 1. The van der Waals surface area contributed by atoms with Crippen LogP contribution in [-0.2, 0) is 0 Å². The zero-order chi connectivity index (χ0) is 27.9. The van der Waals surface area contributed by atoms with Gasteiger partial charge in [0.2, 0.25) is 0 Å². The molecule has 210 valence electrons. The van der Waals surface area contributed by atoms with Gasteiger partial charge in [0.15, 0.2) is 0 Å². The molecule has 3 N–H and O–H groups in total. The highest BCUT2D eigenvalue weighted by Gasteiger charge is 2.32. The molecule has 2 aliphatic heterocycles. The van der Waals surface area contributed by atoms with Crippen LogP contribution in [0.1, 0.15) is 72.1 Å². The van der Waals surface area contributed by atoms with Gasteiger partial charge in [0.25, 0.3) is 5.91 Å². The molecule has 1 aliphatic carbocycles. The molecule has 3 fully saturated rings. The molecule has 0 bridgehead atoms. The molecule has 0 spiro atoms. The molecule has 2 saturated heterocycles. The third kappa shape index (κ3) is 4.98. The number of pyridine rings is 1. The van der Waals surface area contributed by atoms with Crippen molar-refractivity contribution < 1.29 is 9.59 Å². The van der Waals surface area contributed by atoms with Crippen molar-refractivity contribution in [2.24, 2.45) is 0 Å². The highest BCUT2D eigenvalue weighted by molar-refractivity contribution is 6.04. The molecule has 1 atom stereocenters. The average Bonchev–Trinajstić information content (AvgIpc) is 3.56. The predicted molar refractivity (Wildman–Crippen MR) is 157 cm³/mol. The minimum atomic E-state index is -0.210. The molecule has 4 aromatic rings. The molecule has 0 unspecified atom stereocenters. The zero-order valence-corrected chi connectivity index (χ0v) is 23.0. The summed E-state index contributed by atoms with van der Waals surface area (Å²) in [5.41, 5.74) is 10.4. The number of benzene rings is 1.